The number of carbonyl (C=O) groups is 2. The number of halogens is 1. The van der Waals surface area contributed by atoms with E-state index in [9.17, 15) is 9.59 Å². The third-order valence-corrected chi connectivity index (χ3v) is 3.86. The molecule has 1 aliphatic rings. The van der Waals surface area contributed by atoms with Gasteiger partial charge < -0.3 is 4.74 Å². The highest BCUT2D eigenvalue weighted by Crippen LogP contribution is 2.29. The van der Waals surface area contributed by atoms with Crippen molar-refractivity contribution in [3.05, 3.63) is 28.2 Å². The number of rotatable bonds is 7. The van der Waals surface area contributed by atoms with Crippen molar-refractivity contribution >= 4 is 27.7 Å². The maximum Gasteiger partial charge on any atom is 0.253 e. The molecule has 0 bridgehead atoms. The molecule has 5 nitrogen and oxygen atoms in total. The van der Waals surface area contributed by atoms with E-state index in [0.29, 0.717) is 18.9 Å². The summed E-state index contributed by atoms with van der Waals surface area (Å²) in [6, 6.07) is 5.94. The van der Waals surface area contributed by atoms with Crippen molar-refractivity contribution in [2.24, 2.45) is 0 Å². The normalized spacial score (nSPS) is 15.0. The van der Waals surface area contributed by atoms with Crippen LogP contribution in [0.3, 0.4) is 0 Å². The van der Waals surface area contributed by atoms with Gasteiger partial charge in [0, 0.05) is 23.7 Å². The Morgan fingerprint density at radius 1 is 1.18 bits per heavy atom. The molecule has 120 valence electrons. The Morgan fingerprint density at radius 2 is 1.86 bits per heavy atom. The fraction of sp³-hybridized carbons (Fsp3) is 0.500. The quantitative estimate of drug-likeness (QED) is 0.545. The van der Waals surface area contributed by atoms with Crippen LogP contribution in [0.15, 0.2) is 22.7 Å². The smallest absolute Gasteiger partial charge is 0.253 e. The first-order valence-corrected chi connectivity index (χ1v) is 8.19. The van der Waals surface area contributed by atoms with Crippen LogP contribution in [0.2, 0.25) is 0 Å². The van der Waals surface area contributed by atoms with Gasteiger partial charge in [0.05, 0.1) is 13.2 Å². The van der Waals surface area contributed by atoms with E-state index in [-0.39, 0.29) is 31.3 Å². The molecule has 0 atom stereocenters. The number of imide groups is 1. The molecule has 0 saturated carbocycles. The second-order valence-electron chi connectivity index (χ2n) is 5.45. The number of hydroxylamine groups is 2. The molecule has 1 saturated heterocycles. The highest BCUT2D eigenvalue weighted by atomic mass is 79.9. The molecule has 1 aromatic rings. The lowest BCUT2D eigenvalue weighted by Gasteiger charge is -2.16. The van der Waals surface area contributed by atoms with Gasteiger partial charge in [0.15, 0.2) is 0 Å². The Hall–Kier alpha value is -1.40. The van der Waals surface area contributed by atoms with Crippen LogP contribution in [0.4, 0.5) is 0 Å². The first-order chi connectivity index (χ1) is 10.5. The van der Waals surface area contributed by atoms with Crippen LogP contribution in [-0.2, 0) is 14.4 Å². The maximum absolute atomic E-state index is 11.4. The van der Waals surface area contributed by atoms with Gasteiger partial charge >= 0.3 is 0 Å². The van der Waals surface area contributed by atoms with Gasteiger partial charge in [0.1, 0.15) is 5.75 Å². The third-order valence-electron chi connectivity index (χ3n) is 3.37. The molecule has 2 rings (SSSR count). The van der Waals surface area contributed by atoms with E-state index in [1.807, 2.05) is 12.1 Å². The minimum absolute atomic E-state index is 0.242. The van der Waals surface area contributed by atoms with Gasteiger partial charge in [0.25, 0.3) is 11.8 Å². The Balaban J connectivity index is 1.77. The molecule has 0 spiro atoms. The number of nitrogens with zero attached hydrogens (tertiary/aromatic N) is 1. The van der Waals surface area contributed by atoms with Crippen LogP contribution in [0.5, 0.6) is 5.75 Å². The van der Waals surface area contributed by atoms with E-state index in [2.05, 4.69) is 35.8 Å². The van der Waals surface area contributed by atoms with Gasteiger partial charge in [0.2, 0.25) is 0 Å². The van der Waals surface area contributed by atoms with E-state index in [0.717, 1.165) is 20.8 Å². The SMILES string of the molecule is CC(C)c1cc(Br)ccc1OCCCON1C(=O)CCC1=O. The third kappa shape index (κ3) is 4.30. The zero-order valence-corrected chi connectivity index (χ0v) is 14.4. The molecule has 0 aliphatic carbocycles. The summed E-state index contributed by atoms with van der Waals surface area (Å²) in [6.07, 6.45) is 1.09. The van der Waals surface area contributed by atoms with Crippen molar-refractivity contribution in [3.63, 3.8) is 0 Å². The zero-order chi connectivity index (χ0) is 16.1. The molecule has 2 amide bonds. The summed E-state index contributed by atoms with van der Waals surface area (Å²) in [5, 5.41) is 0.874. The van der Waals surface area contributed by atoms with Crippen LogP contribution in [0, 0.1) is 0 Å². The molecule has 0 radical (unpaired) electrons. The van der Waals surface area contributed by atoms with Crippen LogP contribution >= 0.6 is 15.9 Å². The number of ether oxygens (including phenoxy) is 1. The molecular formula is C16H20BrNO4. The Labute approximate surface area is 138 Å². The van der Waals surface area contributed by atoms with Crippen LogP contribution in [-0.4, -0.2) is 30.1 Å². The van der Waals surface area contributed by atoms with Crippen LogP contribution < -0.4 is 4.74 Å². The van der Waals surface area contributed by atoms with E-state index >= 15 is 0 Å². The first kappa shape index (κ1) is 17.0. The first-order valence-electron chi connectivity index (χ1n) is 7.40. The average molecular weight is 370 g/mol. The maximum atomic E-state index is 11.4. The summed E-state index contributed by atoms with van der Waals surface area (Å²) in [7, 11) is 0. The number of carbonyl (C=O) groups excluding carboxylic acids is 2. The Kier molecular flexibility index (Phi) is 5.97. The standard InChI is InChI=1S/C16H20BrNO4/c1-11(2)13-10-12(17)4-5-14(13)21-8-3-9-22-18-15(19)6-7-16(18)20/h4-5,10-11H,3,6-9H2,1-2H3. The van der Waals surface area contributed by atoms with Gasteiger partial charge in [-0.25, -0.2) is 0 Å². The van der Waals surface area contributed by atoms with Crippen molar-refractivity contribution in [3.8, 4) is 5.75 Å². The molecule has 0 N–H and O–H groups in total. The molecule has 1 fully saturated rings. The lowest BCUT2D eigenvalue weighted by molar-refractivity contribution is -0.188. The largest absolute Gasteiger partial charge is 0.493 e. The summed E-state index contributed by atoms with van der Waals surface area (Å²) >= 11 is 3.46. The highest BCUT2D eigenvalue weighted by molar-refractivity contribution is 9.10. The van der Waals surface area contributed by atoms with Gasteiger partial charge in [-0.3, -0.25) is 14.4 Å². The molecule has 0 aromatic heterocycles. The minimum atomic E-state index is -0.263. The fourth-order valence-electron chi connectivity index (χ4n) is 2.20. The predicted molar refractivity (Wildman–Crippen MR) is 85.4 cm³/mol. The van der Waals surface area contributed by atoms with Crippen molar-refractivity contribution in [2.45, 2.75) is 39.0 Å². The number of amides is 2. The lowest BCUT2D eigenvalue weighted by atomic mass is 10.0. The topological polar surface area (TPSA) is 55.8 Å². The molecule has 0 unspecified atom stereocenters. The zero-order valence-electron chi connectivity index (χ0n) is 12.8. The van der Waals surface area contributed by atoms with Crippen LogP contribution in [0.1, 0.15) is 44.6 Å². The van der Waals surface area contributed by atoms with E-state index in [1.54, 1.807) is 0 Å². The van der Waals surface area contributed by atoms with E-state index in [4.69, 9.17) is 9.57 Å². The summed E-state index contributed by atoms with van der Waals surface area (Å²) in [5.41, 5.74) is 1.14. The molecule has 22 heavy (non-hydrogen) atoms. The number of benzene rings is 1. The molecule has 1 heterocycles. The van der Waals surface area contributed by atoms with E-state index in [1.165, 1.54) is 0 Å². The van der Waals surface area contributed by atoms with Gasteiger partial charge in [-0.15, -0.1) is 0 Å². The second kappa shape index (κ2) is 7.74. The average Bonchev–Trinajstić information content (AvgIpc) is 2.79. The monoisotopic (exact) mass is 369 g/mol. The lowest BCUT2D eigenvalue weighted by Crippen LogP contribution is -2.30. The number of hydrogen-bond donors (Lipinski definition) is 0. The van der Waals surface area contributed by atoms with Crippen LogP contribution in [0.25, 0.3) is 0 Å². The highest BCUT2D eigenvalue weighted by Gasteiger charge is 2.29. The molecule has 1 aliphatic heterocycles. The predicted octanol–water partition coefficient (Wildman–Crippen LogP) is 3.42. The van der Waals surface area contributed by atoms with Gasteiger partial charge in [-0.1, -0.05) is 29.8 Å². The number of hydrogen-bond acceptors (Lipinski definition) is 4. The van der Waals surface area contributed by atoms with Crippen molar-refractivity contribution in [1.29, 1.82) is 0 Å². The summed E-state index contributed by atoms with van der Waals surface area (Å²) in [6.45, 7) is 4.98. The van der Waals surface area contributed by atoms with Crippen molar-refractivity contribution in [1.82, 2.24) is 5.06 Å². The fourth-order valence-corrected chi connectivity index (χ4v) is 2.58. The molecule has 6 heteroatoms. The minimum Gasteiger partial charge on any atom is -0.493 e. The Bertz CT molecular complexity index is 543. The molecular weight excluding hydrogens is 350 g/mol. The summed E-state index contributed by atoms with van der Waals surface area (Å²) < 4.78 is 6.81. The van der Waals surface area contributed by atoms with Crippen molar-refractivity contribution < 1.29 is 19.2 Å². The Morgan fingerprint density at radius 3 is 2.50 bits per heavy atom. The van der Waals surface area contributed by atoms with Gasteiger partial charge in [-0.05, 0) is 29.7 Å². The van der Waals surface area contributed by atoms with E-state index < -0.39 is 0 Å². The van der Waals surface area contributed by atoms with Crippen molar-refractivity contribution in [2.75, 3.05) is 13.2 Å². The summed E-state index contributed by atoms with van der Waals surface area (Å²) in [4.78, 5) is 27.9. The molecule has 1 aromatic carbocycles. The van der Waals surface area contributed by atoms with Gasteiger partial charge in [-0.2, -0.15) is 5.06 Å². The summed E-state index contributed by atoms with van der Waals surface area (Å²) in [5.74, 6) is 0.692. The second-order valence-corrected chi connectivity index (χ2v) is 6.37.